The molecule has 4 nitrogen and oxygen atoms in total. The SMILES string of the molecule is O=C(O)c1coc(Sc2ccccc2)n1. The number of hydrogen-bond acceptors (Lipinski definition) is 4. The van der Waals surface area contributed by atoms with Crippen LogP contribution in [0.1, 0.15) is 10.5 Å². The maximum absolute atomic E-state index is 10.5. The molecule has 5 heteroatoms. The molecule has 0 unspecified atom stereocenters. The molecule has 0 aliphatic heterocycles. The monoisotopic (exact) mass is 221 g/mol. The highest BCUT2D eigenvalue weighted by atomic mass is 32.2. The molecule has 0 aliphatic carbocycles. The Labute approximate surface area is 89.9 Å². The highest BCUT2D eigenvalue weighted by Gasteiger charge is 2.10. The molecule has 0 amide bonds. The summed E-state index contributed by atoms with van der Waals surface area (Å²) in [6.45, 7) is 0. The van der Waals surface area contributed by atoms with Crippen LogP contribution in [-0.2, 0) is 0 Å². The molecule has 0 bridgehead atoms. The third-order valence-electron chi connectivity index (χ3n) is 1.65. The summed E-state index contributed by atoms with van der Waals surface area (Å²) in [6.07, 6.45) is 1.13. The van der Waals surface area contributed by atoms with Gasteiger partial charge in [0.25, 0.3) is 5.22 Å². The molecule has 0 radical (unpaired) electrons. The second-order valence-corrected chi connectivity index (χ2v) is 3.74. The van der Waals surface area contributed by atoms with Gasteiger partial charge < -0.3 is 9.52 Å². The molecule has 0 fully saturated rings. The zero-order chi connectivity index (χ0) is 10.7. The number of hydrogen-bond donors (Lipinski definition) is 1. The molecule has 2 rings (SSSR count). The molecule has 0 saturated heterocycles. The molecule has 15 heavy (non-hydrogen) atoms. The number of benzene rings is 1. The zero-order valence-electron chi connectivity index (χ0n) is 7.58. The predicted molar refractivity (Wildman–Crippen MR) is 54.0 cm³/mol. The molecule has 0 saturated carbocycles. The van der Waals surface area contributed by atoms with Gasteiger partial charge in [0.2, 0.25) is 0 Å². The van der Waals surface area contributed by atoms with Crippen molar-refractivity contribution in [2.45, 2.75) is 10.1 Å². The molecule has 1 aromatic heterocycles. The summed E-state index contributed by atoms with van der Waals surface area (Å²) in [7, 11) is 0. The van der Waals surface area contributed by atoms with E-state index in [0.29, 0.717) is 5.22 Å². The van der Waals surface area contributed by atoms with Crippen LogP contribution in [0.15, 0.2) is 51.1 Å². The van der Waals surface area contributed by atoms with Crippen molar-refractivity contribution in [3.05, 3.63) is 42.3 Å². The maximum atomic E-state index is 10.5. The minimum atomic E-state index is -1.08. The van der Waals surface area contributed by atoms with Crippen molar-refractivity contribution in [2.75, 3.05) is 0 Å². The first kappa shape index (κ1) is 9.79. The van der Waals surface area contributed by atoms with Crippen molar-refractivity contribution < 1.29 is 14.3 Å². The fourth-order valence-corrected chi connectivity index (χ4v) is 1.73. The summed E-state index contributed by atoms with van der Waals surface area (Å²) in [5, 5.41) is 8.96. The number of carbonyl (C=O) groups is 1. The van der Waals surface area contributed by atoms with Crippen molar-refractivity contribution >= 4 is 17.7 Å². The van der Waals surface area contributed by atoms with Crippen LogP contribution >= 0.6 is 11.8 Å². The van der Waals surface area contributed by atoms with Crippen LogP contribution in [0.4, 0.5) is 0 Å². The van der Waals surface area contributed by atoms with Crippen molar-refractivity contribution in [3.8, 4) is 0 Å². The standard InChI is InChI=1S/C10H7NO3S/c12-9(13)8-6-14-10(11-8)15-7-4-2-1-3-5-7/h1-6H,(H,12,13). The largest absolute Gasteiger partial charge is 0.476 e. The number of aromatic nitrogens is 1. The zero-order valence-corrected chi connectivity index (χ0v) is 8.40. The topological polar surface area (TPSA) is 63.3 Å². The molecule has 0 aliphatic rings. The Balaban J connectivity index is 2.15. The number of nitrogens with zero attached hydrogens (tertiary/aromatic N) is 1. The van der Waals surface area contributed by atoms with E-state index in [9.17, 15) is 4.79 Å². The number of carboxylic acids is 1. The second kappa shape index (κ2) is 4.18. The predicted octanol–water partition coefficient (Wildman–Crippen LogP) is 2.52. The van der Waals surface area contributed by atoms with Gasteiger partial charge in [-0.15, -0.1) is 0 Å². The quantitative estimate of drug-likeness (QED) is 0.862. The Morgan fingerprint density at radius 1 is 1.33 bits per heavy atom. The average Bonchev–Trinajstić information content (AvgIpc) is 2.68. The van der Waals surface area contributed by atoms with E-state index in [-0.39, 0.29) is 5.69 Å². The van der Waals surface area contributed by atoms with Crippen molar-refractivity contribution in [1.82, 2.24) is 4.98 Å². The lowest BCUT2D eigenvalue weighted by Crippen LogP contribution is -1.95. The van der Waals surface area contributed by atoms with E-state index in [1.54, 1.807) is 0 Å². The van der Waals surface area contributed by atoms with Crippen LogP contribution in [-0.4, -0.2) is 16.1 Å². The van der Waals surface area contributed by atoms with Gasteiger partial charge in [0.1, 0.15) is 6.26 Å². The molecular weight excluding hydrogens is 214 g/mol. The van der Waals surface area contributed by atoms with Gasteiger partial charge in [-0.2, -0.15) is 4.98 Å². The number of aromatic carboxylic acids is 1. The van der Waals surface area contributed by atoms with Gasteiger partial charge in [-0.1, -0.05) is 18.2 Å². The van der Waals surface area contributed by atoms with E-state index in [1.165, 1.54) is 11.8 Å². The van der Waals surface area contributed by atoms with Gasteiger partial charge in [0, 0.05) is 4.90 Å². The van der Waals surface area contributed by atoms with Crippen LogP contribution in [0.25, 0.3) is 0 Å². The van der Waals surface area contributed by atoms with Crippen LogP contribution in [0.3, 0.4) is 0 Å². The summed E-state index contributed by atoms with van der Waals surface area (Å²) in [5.41, 5.74) is -0.0755. The summed E-state index contributed by atoms with van der Waals surface area (Å²) in [5.74, 6) is -1.08. The van der Waals surface area contributed by atoms with E-state index in [0.717, 1.165) is 11.2 Å². The van der Waals surface area contributed by atoms with Gasteiger partial charge in [0.15, 0.2) is 5.69 Å². The molecular formula is C10H7NO3S. The summed E-state index contributed by atoms with van der Waals surface area (Å²) < 4.78 is 5.00. The number of oxazole rings is 1. The Morgan fingerprint density at radius 3 is 2.67 bits per heavy atom. The lowest BCUT2D eigenvalue weighted by molar-refractivity contribution is 0.0690. The summed E-state index contributed by atoms with van der Waals surface area (Å²) in [4.78, 5) is 15.3. The van der Waals surface area contributed by atoms with Gasteiger partial charge in [0.05, 0.1) is 0 Å². The van der Waals surface area contributed by atoms with Crippen LogP contribution in [0.2, 0.25) is 0 Å². The van der Waals surface area contributed by atoms with E-state index < -0.39 is 5.97 Å². The Bertz CT molecular complexity index is 467. The third-order valence-corrected chi connectivity index (χ3v) is 2.52. The van der Waals surface area contributed by atoms with E-state index in [2.05, 4.69) is 4.98 Å². The van der Waals surface area contributed by atoms with Gasteiger partial charge in [-0.3, -0.25) is 0 Å². The smallest absolute Gasteiger partial charge is 0.357 e. The average molecular weight is 221 g/mol. The fraction of sp³-hybridized carbons (Fsp3) is 0. The number of carboxylic acid groups (broad SMARTS) is 1. The van der Waals surface area contributed by atoms with Crippen LogP contribution in [0.5, 0.6) is 0 Å². The summed E-state index contributed by atoms with van der Waals surface area (Å²) in [6, 6.07) is 9.49. The molecule has 1 heterocycles. The van der Waals surface area contributed by atoms with E-state index in [4.69, 9.17) is 9.52 Å². The lowest BCUT2D eigenvalue weighted by atomic mass is 10.4. The first-order valence-electron chi connectivity index (χ1n) is 4.17. The Kier molecular flexibility index (Phi) is 2.73. The first-order valence-corrected chi connectivity index (χ1v) is 4.99. The van der Waals surface area contributed by atoms with Crippen molar-refractivity contribution in [1.29, 1.82) is 0 Å². The molecule has 76 valence electrons. The molecule has 2 aromatic rings. The van der Waals surface area contributed by atoms with E-state index in [1.807, 2.05) is 30.3 Å². The maximum Gasteiger partial charge on any atom is 0.357 e. The highest BCUT2D eigenvalue weighted by Crippen LogP contribution is 2.26. The Hall–Kier alpha value is -1.75. The Morgan fingerprint density at radius 2 is 2.07 bits per heavy atom. The van der Waals surface area contributed by atoms with Crippen LogP contribution < -0.4 is 0 Å². The molecule has 0 spiro atoms. The molecule has 1 aromatic carbocycles. The van der Waals surface area contributed by atoms with Crippen molar-refractivity contribution in [3.63, 3.8) is 0 Å². The summed E-state index contributed by atoms with van der Waals surface area (Å²) >= 11 is 1.28. The van der Waals surface area contributed by atoms with Gasteiger partial charge >= 0.3 is 5.97 Å². The second-order valence-electron chi connectivity index (χ2n) is 2.72. The van der Waals surface area contributed by atoms with Crippen LogP contribution in [0, 0.1) is 0 Å². The molecule has 1 N–H and O–H groups in total. The van der Waals surface area contributed by atoms with Gasteiger partial charge in [-0.05, 0) is 23.9 Å². The highest BCUT2D eigenvalue weighted by molar-refractivity contribution is 7.99. The van der Waals surface area contributed by atoms with E-state index >= 15 is 0 Å². The van der Waals surface area contributed by atoms with Gasteiger partial charge in [-0.25, -0.2) is 4.79 Å². The lowest BCUT2D eigenvalue weighted by Gasteiger charge is -1.93. The fourth-order valence-electron chi connectivity index (χ4n) is 0.992. The molecule has 0 atom stereocenters. The minimum absolute atomic E-state index is 0.0755. The third kappa shape index (κ3) is 2.38. The number of rotatable bonds is 3. The first-order chi connectivity index (χ1) is 7.25. The normalized spacial score (nSPS) is 10.1. The minimum Gasteiger partial charge on any atom is -0.476 e. The van der Waals surface area contributed by atoms with Crippen molar-refractivity contribution in [2.24, 2.45) is 0 Å².